The average molecular weight is 274 g/mol. The van der Waals surface area contributed by atoms with Gasteiger partial charge in [0.25, 0.3) is 0 Å². The van der Waals surface area contributed by atoms with Crippen molar-refractivity contribution in [2.24, 2.45) is 5.92 Å². The molecule has 104 valence electrons. The zero-order valence-corrected chi connectivity index (χ0v) is 12.2. The number of Topliss-reactive ketones (excluding diaryl/α,β-unsaturated/α-hetero) is 1. The molecule has 0 rings (SSSR count). The molecule has 0 saturated heterocycles. The van der Waals surface area contributed by atoms with E-state index in [2.05, 4.69) is 10.6 Å². The van der Waals surface area contributed by atoms with Crippen LogP contribution in [0, 0.1) is 5.92 Å². The minimum absolute atomic E-state index is 0.0490. The van der Waals surface area contributed by atoms with Crippen LogP contribution in [0.25, 0.3) is 0 Å². The molecular formula is C12H22N2O3S. The SMILES string of the molecule is CCNC(=O)CSCC(=O)NC(C(C)=O)C(C)C. The van der Waals surface area contributed by atoms with E-state index < -0.39 is 6.04 Å². The van der Waals surface area contributed by atoms with E-state index in [4.69, 9.17) is 0 Å². The molecule has 0 aromatic carbocycles. The minimum Gasteiger partial charge on any atom is -0.356 e. The van der Waals surface area contributed by atoms with E-state index in [0.717, 1.165) is 0 Å². The Morgan fingerprint density at radius 3 is 2.11 bits per heavy atom. The zero-order chi connectivity index (χ0) is 14.1. The van der Waals surface area contributed by atoms with Crippen LogP contribution in [-0.2, 0) is 14.4 Å². The number of nitrogens with one attached hydrogen (secondary N) is 2. The van der Waals surface area contributed by atoms with Gasteiger partial charge in [-0.15, -0.1) is 11.8 Å². The maximum absolute atomic E-state index is 11.6. The van der Waals surface area contributed by atoms with E-state index in [-0.39, 0.29) is 35.0 Å². The van der Waals surface area contributed by atoms with Crippen LogP contribution in [0.5, 0.6) is 0 Å². The third-order valence-corrected chi connectivity index (χ3v) is 3.19. The molecule has 0 aliphatic carbocycles. The van der Waals surface area contributed by atoms with Crippen LogP contribution in [0.2, 0.25) is 0 Å². The first-order valence-electron chi connectivity index (χ1n) is 6.02. The summed E-state index contributed by atoms with van der Waals surface area (Å²) in [7, 11) is 0. The van der Waals surface area contributed by atoms with Crippen LogP contribution in [0.4, 0.5) is 0 Å². The Morgan fingerprint density at radius 2 is 1.67 bits per heavy atom. The van der Waals surface area contributed by atoms with Gasteiger partial charge in [-0.05, 0) is 19.8 Å². The molecule has 1 atom stereocenters. The molecule has 2 amide bonds. The van der Waals surface area contributed by atoms with Crippen molar-refractivity contribution in [1.82, 2.24) is 10.6 Å². The maximum atomic E-state index is 11.6. The summed E-state index contributed by atoms with van der Waals surface area (Å²) in [6.07, 6.45) is 0. The highest BCUT2D eigenvalue weighted by molar-refractivity contribution is 8.00. The summed E-state index contributed by atoms with van der Waals surface area (Å²) in [4.78, 5) is 34.0. The minimum atomic E-state index is -0.442. The van der Waals surface area contributed by atoms with Crippen molar-refractivity contribution in [2.75, 3.05) is 18.1 Å². The van der Waals surface area contributed by atoms with Gasteiger partial charge in [-0.1, -0.05) is 13.8 Å². The third kappa shape index (κ3) is 7.32. The average Bonchev–Trinajstić information content (AvgIpc) is 2.25. The lowest BCUT2D eigenvalue weighted by molar-refractivity contribution is -0.126. The van der Waals surface area contributed by atoms with Crippen LogP contribution >= 0.6 is 11.8 Å². The van der Waals surface area contributed by atoms with Crippen molar-refractivity contribution in [2.45, 2.75) is 33.7 Å². The number of hydrogen-bond acceptors (Lipinski definition) is 4. The summed E-state index contributed by atoms with van der Waals surface area (Å²) in [5.41, 5.74) is 0. The highest BCUT2D eigenvalue weighted by atomic mass is 32.2. The first kappa shape index (κ1) is 17.0. The molecule has 2 N–H and O–H groups in total. The predicted molar refractivity (Wildman–Crippen MR) is 73.5 cm³/mol. The Morgan fingerprint density at radius 1 is 1.11 bits per heavy atom. The quantitative estimate of drug-likeness (QED) is 0.679. The highest BCUT2D eigenvalue weighted by Gasteiger charge is 2.20. The second-order valence-electron chi connectivity index (χ2n) is 4.35. The van der Waals surface area contributed by atoms with Crippen LogP contribution < -0.4 is 10.6 Å². The summed E-state index contributed by atoms with van der Waals surface area (Å²) in [6.45, 7) is 7.66. The number of hydrogen-bond donors (Lipinski definition) is 2. The largest absolute Gasteiger partial charge is 0.356 e. The summed E-state index contributed by atoms with van der Waals surface area (Å²) in [6, 6.07) is -0.442. The van der Waals surface area contributed by atoms with Crippen molar-refractivity contribution in [3.05, 3.63) is 0 Å². The second-order valence-corrected chi connectivity index (χ2v) is 5.33. The maximum Gasteiger partial charge on any atom is 0.230 e. The summed E-state index contributed by atoms with van der Waals surface area (Å²) >= 11 is 1.24. The summed E-state index contributed by atoms with van der Waals surface area (Å²) in [5, 5.41) is 5.33. The standard InChI is InChI=1S/C12H22N2O3S/c1-5-13-10(16)6-18-7-11(17)14-12(8(2)3)9(4)15/h8,12H,5-7H2,1-4H3,(H,13,16)(H,14,17). The topological polar surface area (TPSA) is 75.3 Å². The van der Waals surface area contributed by atoms with Gasteiger partial charge in [-0.25, -0.2) is 0 Å². The Hall–Kier alpha value is -1.04. The Kier molecular flexibility index (Phi) is 8.45. The first-order valence-corrected chi connectivity index (χ1v) is 7.18. The van der Waals surface area contributed by atoms with Gasteiger partial charge in [0, 0.05) is 6.54 Å². The van der Waals surface area contributed by atoms with Gasteiger partial charge >= 0.3 is 0 Å². The van der Waals surface area contributed by atoms with E-state index in [0.29, 0.717) is 6.54 Å². The smallest absolute Gasteiger partial charge is 0.230 e. The number of rotatable bonds is 8. The number of ketones is 1. The molecule has 0 bridgehead atoms. The zero-order valence-electron chi connectivity index (χ0n) is 11.4. The van der Waals surface area contributed by atoms with Gasteiger partial charge < -0.3 is 10.6 Å². The fourth-order valence-corrected chi connectivity index (χ4v) is 2.10. The normalized spacial score (nSPS) is 12.1. The van der Waals surface area contributed by atoms with E-state index in [1.165, 1.54) is 18.7 Å². The number of thioether (sulfide) groups is 1. The van der Waals surface area contributed by atoms with Crippen molar-refractivity contribution in [3.8, 4) is 0 Å². The number of amides is 2. The van der Waals surface area contributed by atoms with E-state index in [9.17, 15) is 14.4 Å². The molecule has 0 aliphatic heterocycles. The van der Waals surface area contributed by atoms with Gasteiger partial charge in [0.05, 0.1) is 17.5 Å². The van der Waals surface area contributed by atoms with E-state index in [1.807, 2.05) is 20.8 Å². The second kappa shape index (κ2) is 8.97. The number of carbonyl (C=O) groups is 3. The molecule has 0 aliphatic rings. The Balaban J connectivity index is 3.96. The molecule has 5 nitrogen and oxygen atoms in total. The monoisotopic (exact) mass is 274 g/mol. The molecule has 18 heavy (non-hydrogen) atoms. The van der Waals surface area contributed by atoms with Crippen LogP contribution in [-0.4, -0.2) is 41.7 Å². The summed E-state index contributed by atoms with van der Waals surface area (Å²) in [5.74, 6) is 0.175. The van der Waals surface area contributed by atoms with E-state index >= 15 is 0 Å². The lowest BCUT2D eigenvalue weighted by Gasteiger charge is -2.19. The van der Waals surface area contributed by atoms with Gasteiger partial charge in [0.2, 0.25) is 11.8 Å². The molecule has 0 radical (unpaired) electrons. The molecule has 0 aromatic heterocycles. The van der Waals surface area contributed by atoms with Gasteiger partial charge in [-0.3, -0.25) is 14.4 Å². The van der Waals surface area contributed by atoms with Crippen LogP contribution in [0.1, 0.15) is 27.7 Å². The Bertz CT molecular complexity index is 306. The van der Waals surface area contributed by atoms with Crippen molar-refractivity contribution in [1.29, 1.82) is 0 Å². The molecule has 0 fully saturated rings. The first-order chi connectivity index (χ1) is 8.38. The van der Waals surface area contributed by atoms with Gasteiger partial charge in [0.15, 0.2) is 5.78 Å². The molecule has 1 unspecified atom stereocenters. The van der Waals surface area contributed by atoms with Crippen molar-refractivity contribution < 1.29 is 14.4 Å². The van der Waals surface area contributed by atoms with Crippen LogP contribution in [0.3, 0.4) is 0 Å². The fraction of sp³-hybridized carbons (Fsp3) is 0.750. The molecule has 0 heterocycles. The summed E-state index contributed by atoms with van der Waals surface area (Å²) < 4.78 is 0. The third-order valence-electron chi connectivity index (χ3n) is 2.26. The van der Waals surface area contributed by atoms with Crippen LogP contribution in [0.15, 0.2) is 0 Å². The van der Waals surface area contributed by atoms with Crippen molar-refractivity contribution >= 4 is 29.4 Å². The number of carbonyl (C=O) groups excluding carboxylic acids is 3. The van der Waals surface area contributed by atoms with Crippen molar-refractivity contribution in [3.63, 3.8) is 0 Å². The molecule has 0 spiro atoms. The fourth-order valence-electron chi connectivity index (χ4n) is 1.44. The predicted octanol–water partition coefficient (Wildman–Crippen LogP) is 0.585. The molecule has 6 heteroatoms. The lowest BCUT2D eigenvalue weighted by atomic mass is 10.0. The van der Waals surface area contributed by atoms with Gasteiger partial charge in [-0.2, -0.15) is 0 Å². The molecular weight excluding hydrogens is 252 g/mol. The highest BCUT2D eigenvalue weighted by Crippen LogP contribution is 2.04. The lowest BCUT2D eigenvalue weighted by Crippen LogP contribution is -2.44. The van der Waals surface area contributed by atoms with Gasteiger partial charge in [0.1, 0.15) is 0 Å². The Labute approximate surface area is 112 Å². The molecule has 0 saturated carbocycles. The molecule has 0 aromatic rings. The van der Waals surface area contributed by atoms with E-state index in [1.54, 1.807) is 0 Å².